The van der Waals surface area contributed by atoms with Crippen LogP contribution in [0.5, 0.6) is 0 Å². The second-order valence-electron chi connectivity index (χ2n) is 5.33. The van der Waals surface area contributed by atoms with Crippen LogP contribution in [-0.4, -0.2) is 10.5 Å². The molecule has 0 aliphatic rings. The van der Waals surface area contributed by atoms with Gasteiger partial charge in [0, 0.05) is 24.5 Å². The number of halogens is 1. The molecule has 4 heteroatoms. The summed E-state index contributed by atoms with van der Waals surface area (Å²) in [4.78, 5) is 12.7. The molecule has 3 nitrogen and oxygen atoms in total. The molecule has 0 saturated heterocycles. The minimum Gasteiger partial charge on any atom is -0.342 e. The molecule has 0 radical (unpaired) electrons. The van der Waals surface area contributed by atoms with E-state index in [1.165, 1.54) is 12.1 Å². The van der Waals surface area contributed by atoms with Crippen molar-refractivity contribution in [1.29, 1.82) is 0 Å². The number of benzene rings is 2. The molecule has 0 saturated carbocycles. The molecule has 1 atom stereocenters. The lowest BCUT2D eigenvalue weighted by molar-refractivity contribution is -0.119. The fourth-order valence-electron chi connectivity index (χ4n) is 2.49. The molecule has 1 heterocycles. The molecule has 3 aromatic rings. The van der Waals surface area contributed by atoms with Gasteiger partial charge >= 0.3 is 0 Å². The summed E-state index contributed by atoms with van der Waals surface area (Å²) in [7, 11) is 0. The van der Waals surface area contributed by atoms with E-state index in [1.54, 1.807) is 12.1 Å². The van der Waals surface area contributed by atoms with Crippen LogP contribution < -0.4 is 5.32 Å². The van der Waals surface area contributed by atoms with Crippen LogP contribution in [0, 0.1) is 5.82 Å². The average Bonchev–Trinajstić information content (AvgIpc) is 3.10. The van der Waals surface area contributed by atoms with Gasteiger partial charge in [-0.2, -0.15) is 0 Å². The Morgan fingerprint density at radius 2 is 1.61 bits per heavy atom. The monoisotopic (exact) mass is 308 g/mol. The van der Waals surface area contributed by atoms with Crippen molar-refractivity contribution in [2.24, 2.45) is 0 Å². The molecule has 23 heavy (non-hydrogen) atoms. The van der Waals surface area contributed by atoms with Gasteiger partial charge in [-0.3, -0.25) is 4.79 Å². The van der Waals surface area contributed by atoms with E-state index >= 15 is 0 Å². The molecule has 0 spiro atoms. The summed E-state index contributed by atoms with van der Waals surface area (Å²) in [6.07, 6.45) is 4.33. The zero-order valence-electron chi connectivity index (χ0n) is 12.5. The van der Waals surface area contributed by atoms with Gasteiger partial charge in [-0.15, -0.1) is 0 Å². The van der Waals surface area contributed by atoms with E-state index in [0.717, 1.165) is 5.56 Å². The van der Waals surface area contributed by atoms with Crippen molar-refractivity contribution >= 4 is 11.6 Å². The summed E-state index contributed by atoms with van der Waals surface area (Å²) >= 11 is 0. The average molecular weight is 308 g/mol. The molecule has 0 aliphatic carbocycles. The van der Waals surface area contributed by atoms with Crippen molar-refractivity contribution < 1.29 is 9.18 Å². The highest BCUT2D eigenvalue weighted by molar-refractivity contribution is 5.93. The van der Waals surface area contributed by atoms with E-state index in [0.29, 0.717) is 12.1 Å². The minimum absolute atomic E-state index is 0.128. The fraction of sp³-hybridized carbons (Fsp3) is 0.105. The van der Waals surface area contributed by atoms with Crippen molar-refractivity contribution in [2.45, 2.75) is 12.5 Å². The molecular formula is C19H17FN2O. The number of rotatable bonds is 5. The first-order chi connectivity index (χ1) is 11.2. The Morgan fingerprint density at radius 1 is 0.957 bits per heavy atom. The van der Waals surface area contributed by atoms with Gasteiger partial charge in [-0.25, -0.2) is 4.39 Å². The zero-order chi connectivity index (χ0) is 16.1. The fourth-order valence-corrected chi connectivity index (χ4v) is 2.49. The quantitative estimate of drug-likeness (QED) is 0.758. The van der Waals surface area contributed by atoms with Gasteiger partial charge in [0.2, 0.25) is 5.91 Å². The third-order valence-electron chi connectivity index (χ3n) is 3.67. The van der Waals surface area contributed by atoms with Crippen LogP contribution in [0.3, 0.4) is 0 Å². The van der Waals surface area contributed by atoms with Crippen LogP contribution in [-0.2, 0) is 11.2 Å². The molecular weight excluding hydrogens is 291 g/mol. The first-order valence-corrected chi connectivity index (χ1v) is 7.45. The standard InChI is InChI=1S/C19H17FN2O/c20-16-8-10-17(11-9-16)21-19(23)18(22-12-4-5-13-22)14-15-6-2-1-3-7-15/h1-13,18H,14H2,(H,21,23)/t18-/m1/s1. The molecule has 0 aliphatic heterocycles. The van der Waals surface area contributed by atoms with Crippen LogP contribution in [0.4, 0.5) is 10.1 Å². The summed E-state index contributed by atoms with van der Waals surface area (Å²) in [6, 6.07) is 19.1. The predicted molar refractivity (Wildman–Crippen MR) is 88.6 cm³/mol. The number of anilines is 1. The highest BCUT2D eigenvalue weighted by atomic mass is 19.1. The summed E-state index contributed by atoms with van der Waals surface area (Å²) in [6.45, 7) is 0. The molecule has 1 aromatic heterocycles. The van der Waals surface area contributed by atoms with Gasteiger partial charge in [0.1, 0.15) is 11.9 Å². The second kappa shape index (κ2) is 6.92. The Hall–Kier alpha value is -2.88. The van der Waals surface area contributed by atoms with E-state index in [1.807, 2.05) is 59.4 Å². The largest absolute Gasteiger partial charge is 0.342 e. The van der Waals surface area contributed by atoms with Crippen molar-refractivity contribution in [2.75, 3.05) is 5.32 Å². The van der Waals surface area contributed by atoms with Crippen LogP contribution in [0.1, 0.15) is 11.6 Å². The van der Waals surface area contributed by atoms with Gasteiger partial charge in [0.05, 0.1) is 0 Å². The molecule has 0 bridgehead atoms. The Bertz CT molecular complexity index is 752. The van der Waals surface area contributed by atoms with Crippen LogP contribution in [0.2, 0.25) is 0 Å². The number of hydrogen-bond donors (Lipinski definition) is 1. The van der Waals surface area contributed by atoms with Gasteiger partial charge in [-0.1, -0.05) is 30.3 Å². The number of aromatic nitrogens is 1. The minimum atomic E-state index is -0.363. The predicted octanol–water partition coefficient (Wildman–Crippen LogP) is 4.05. The normalized spacial score (nSPS) is 11.9. The van der Waals surface area contributed by atoms with Crippen molar-refractivity contribution in [3.05, 3.63) is 90.5 Å². The number of nitrogens with zero attached hydrogens (tertiary/aromatic N) is 1. The second-order valence-corrected chi connectivity index (χ2v) is 5.33. The highest BCUT2D eigenvalue weighted by Crippen LogP contribution is 2.18. The Balaban J connectivity index is 1.80. The number of carbonyl (C=O) groups is 1. The van der Waals surface area contributed by atoms with Gasteiger partial charge < -0.3 is 9.88 Å². The molecule has 116 valence electrons. The highest BCUT2D eigenvalue weighted by Gasteiger charge is 2.20. The lowest BCUT2D eigenvalue weighted by atomic mass is 10.0. The van der Waals surface area contributed by atoms with Crippen molar-refractivity contribution in [1.82, 2.24) is 4.57 Å². The van der Waals surface area contributed by atoms with E-state index in [9.17, 15) is 9.18 Å². The Morgan fingerprint density at radius 3 is 2.26 bits per heavy atom. The van der Waals surface area contributed by atoms with Crippen LogP contribution in [0.25, 0.3) is 0 Å². The first-order valence-electron chi connectivity index (χ1n) is 7.45. The lowest BCUT2D eigenvalue weighted by Gasteiger charge is -2.19. The van der Waals surface area contributed by atoms with E-state index in [4.69, 9.17) is 0 Å². The maximum atomic E-state index is 13.0. The third-order valence-corrected chi connectivity index (χ3v) is 3.67. The topological polar surface area (TPSA) is 34.0 Å². The van der Waals surface area contributed by atoms with E-state index < -0.39 is 0 Å². The van der Waals surface area contributed by atoms with E-state index in [-0.39, 0.29) is 17.8 Å². The Kier molecular flexibility index (Phi) is 4.52. The summed E-state index contributed by atoms with van der Waals surface area (Å²) in [5, 5.41) is 2.85. The summed E-state index contributed by atoms with van der Waals surface area (Å²) < 4.78 is 14.9. The number of nitrogens with one attached hydrogen (secondary N) is 1. The lowest BCUT2D eigenvalue weighted by Crippen LogP contribution is -2.27. The van der Waals surface area contributed by atoms with Gasteiger partial charge in [0.25, 0.3) is 0 Å². The maximum absolute atomic E-state index is 13.0. The molecule has 3 rings (SSSR count). The van der Waals surface area contributed by atoms with Crippen LogP contribution in [0.15, 0.2) is 79.1 Å². The third kappa shape index (κ3) is 3.86. The maximum Gasteiger partial charge on any atom is 0.247 e. The number of carbonyl (C=O) groups excluding carboxylic acids is 1. The molecule has 0 fully saturated rings. The molecule has 0 unspecified atom stereocenters. The molecule has 1 N–H and O–H groups in total. The number of amides is 1. The Labute approximate surface area is 134 Å². The van der Waals surface area contributed by atoms with E-state index in [2.05, 4.69) is 5.32 Å². The van der Waals surface area contributed by atoms with Gasteiger partial charge in [0.15, 0.2) is 0 Å². The molecule has 2 aromatic carbocycles. The van der Waals surface area contributed by atoms with Crippen molar-refractivity contribution in [3.63, 3.8) is 0 Å². The van der Waals surface area contributed by atoms with Crippen LogP contribution >= 0.6 is 0 Å². The number of hydrogen-bond acceptors (Lipinski definition) is 1. The first kappa shape index (κ1) is 15.0. The zero-order valence-corrected chi connectivity index (χ0v) is 12.5. The smallest absolute Gasteiger partial charge is 0.247 e. The SMILES string of the molecule is O=C(Nc1ccc(F)cc1)[C@@H](Cc1ccccc1)n1cccc1. The summed E-state index contributed by atoms with van der Waals surface area (Å²) in [5.41, 5.74) is 1.67. The van der Waals surface area contributed by atoms with Crippen molar-refractivity contribution in [3.8, 4) is 0 Å². The summed E-state index contributed by atoms with van der Waals surface area (Å²) in [5.74, 6) is -0.453. The van der Waals surface area contributed by atoms with Gasteiger partial charge in [-0.05, 0) is 42.0 Å². The molecule has 1 amide bonds.